The van der Waals surface area contributed by atoms with Gasteiger partial charge < -0.3 is 10.6 Å². The van der Waals surface area contributed by atoms with Crippen LogP contribution in [-0.2, 0) is 0 Å². The molecule has 102 valence electrons. The van der Waals surface area contributed by atoms with Crippen LogP contribution < -0.4 is 10.6 Å². The third-order valence-electron chi connectivity index (χ3n) is 2.79. The molecule has 0 fully saturated rings. The van der Waals surface area contributed by atoms with Gasteiger partial charge in [-0.25, -0.2) is 0 Å². The molecule has 20 heavy (non-hydrogen) atoms. The highest BCUT2D eigenvalue weighted by Crippen LogP contribution is 2.23. The molecule has 0 saturated carbocycles. The molecular formula is C15H14ClN3S. The van der Waals surface area contributed by atoms with Crippen molar-refractivity contribution in [3.05, 3.63) is 64.7 Å². The molecule has 0 unspecified atom stereocenters. The van der Waals surface area contributed by atoms with E-state index in [0.717, 1.165) is 11.3 Å². The van der Waals surface area contributed by atoms with E-state index in [4.69, 9.17) is 29.2 Å². The summed E-state index contributed by atoms with van der Waals surface area (Å²) in [5.74, 6) is 0. The van der Waals surface area contributed by atoms with Gasteiger partial charge in [-0.3, -0.25) is 5.41 Å². The van der Waals surface area contributed by atoms with Gasteiger partial charge in [0.25, 0.3) is 0 Å². The lowest BCUT2D eigenvalue weighted by molar-refractivity contribution is 1.20. The highest BCUT2D eigenvalue weighted by Gasteiger charge is 2.11. The first-order valence-electron chi connectivity index (χ1n) is 6.04. The van der Waals surface area contributed by atoms with Crippen molar-refractivity contribution in [2.75, 3.05) is 12.4 Å². The van der Waals surface area contributed by atoms with Crippen LogP contribution in [0.3, 0.4) is 0 Å². The standard InChI is InChI=1S/C15H14ClN3S/c1-18-15(20)19-13-8-7-11(16)9-12(13)14(17)10-5-3-2-4-6-10/h2-9,17H,1H3,(H2,18,19,20). The van der Waals surface area contributed by atoms with Gasteiger partial charge in [0, 0.05) is 28.9 Å². The molecule has 0 saturated heterocycles. The molecule has 2 aromatic rings. The van der Waals surface area contributed by atoms with E-state index in [-0.39, 0.29) is 0 Å². The van der Waals surface area contributed by atoms with E-state index >= 15 is 0 Å². The number of thiocarbonyl (C=S) groups is 1. The highest BCUT2D eigenvalue weighted by molar-refractivity contribution is 7.80. The van der Waals surface area contributed by atoms with Crippen molar-refractivity contribution in [2.24, 2.45) is 0 Å². The molecule has 3 N–H and O–H groups in total. The molecular weight excluding hydrogens is 290 g/mol. The van der Waals surface area contributed by atoms with Gasteiger partial charge in [0.05, 0.1) is 5.71 Å². The average Bonchev–Trinajstić information content (AvgIpc) is 2.49. The van der Waals surface area contributed by atoms with Gasteiger partial charge in [-0.15, -0.1) is 0 Å². The van der Waals surface area contributed by atoms with Crippen molar-refractivity contribution in [3.63, 3.8) is 0 Å². The van der Waals surface area contributed by atoms with Crippen molar-refractivity contribution in [1.82, 2.24) is 5.32 Å². The summed E-state index contributed by atoms with van der Waals surface area (Å²) in [5.41, 5.74) is 2.69. The van der Waals surface area contributed by atoms with Crippen molar-refractivity contribution in [2.45, 2.75) is 0 Å². The fourth-order valence-electron chi connectivity index (χ4n) is 1.78. The molecule has 0 aromatic heterocycles. The van der Waals surface area contributed by atoms with Crippen LogP contribution >= 0.6 is 23.8 Å². The van der Waals surface area contributed by atoms with Gasteiger partial charge in [-0.2, -0.15) is 0 Å². The summed E-state index contributed by atoms with van der Waals surface area (Å²) in [6, 6.07) is 14.9. The zero-order valence-corrected chi connectivity index (χ0v) is 12.5. The third kappa shape index (κ3) is 3.35. The Labute approximate surface area is 128 Å². The summed E-state index contributed by atoms with van der Waals surface area (Å²) >= 11 is 11.2. The van der Waals surface area contributed by atoms with Crippen LogP contribution in [0.5, 0.6) is 0 Å². The molecule has 0 aliphatic rings. The van der Waals surface area contributed by atoms with Crippen LogP contribution in [0.15, 0.2) is 48.5 Å². The highest BCUT2D eigenvalue weighted by atomic mass is 35.5. The normalized spacial score (nSPS) is 9.90. The van der Waals surface area contributed by atoms with Gasteiger partial charge in [0.2, 0.25) is 0 Å². The smallest absolute Gasteiger partial charge is 0.170 e. The van der Waals surface area contributed by atoms with E-state index in [2.05, 4.69) is 10.6 Å². The SMILES string of the molecule is CNC(=S)Nc1ccc(Cl)cc1C(=N)c1ccccc1. The molecule has 3 nitrogen and oxygen atoms in total. The third-order valence-corrected chi connectivity index (χ3v) is 3.33. The Morgan fingerprint density at radius 3 is 2.50 bits per heavy atom. The fraction of sp³-hybridized carbons (Fsp3) is 0.0667. The minimum Gasteiger partial charge on any atom is -0.366 e. The lowest BCUT2D eigenvalue weighted by Crippen LogP contribution is -2.25. The fourth-order valence-corrected chi connectivity index (χ4v) is 2.06. The predicted octanol–water partition coefficient (Wildman–Crippen LogP) is 3.67. The number of nitrogens with one attached hydrogen (secondary N) is 3. The minimum atomic E-state index is 0.398. The maximum Gasteiger partial charge on any atom is 0.170 e. The van der Waals surface area contributed by atoms with Gasteiger partial charge in [-0.05, 0) is 30.4 Å². The number of rotatable bonds is 3. The maximum absolute atomic E-state index is 8.35. The average molecular weight is 304 g/mol. The summed E-state index contributed by atoms with van der Waals surface area (Å²) in [7, 11) is 1.74. The van der Waals surface area contributed by atoms with Crippen LogP contribution in [0.1, 0.15) is 11.1 Å². The zero-order chi connectivity index (χ0) is 14.5. The van der Waals surface area contributed by atoms with E-state index in [1.165, 1.54) is 0 Å². The monoisotopic (exact) mass is 303 g/mol. The molecule has 0 radical (unpaired) electrons. The van der Waals surface area contributed by atoms with Crippen LogP contribution in [0, 0.1) is 5.41 Å². The topological polar surface area (TPSA) is 47.9 Å². The molecule has 2 rings (SSSR count). The second kappa shape index (κ2) is 6.50. The van der Waals surface area contributed by atoms with Crippen LogP contribution in [0.25, 0.3) is 0 Å². The molecule has 0 aliphatic carbocycles. The van der Waals surface area contributed by atoms with Crippen molar-refractivity contribution in [1.29, 1.82) is 5.41 Å². The van der Waals surface area contributed by atoms with E-state index in [9.17, 15) is 0 Å². The summed E-state index contributed by atoms with van der Waals surface area (Å²) < 4.78 is 0. The quantitative estimate of drug-likeness (QED) is 0.599. The first kappa shape index (κ1) is 14.5. The van der Waals surface area contributed by atoms with Crippen molar-refractivity contribution < 1.29 is 0 Å². The Kier molecular flexibility index (Phi) is 4.71. The predicted molar refractivity (Wildman–Crippen MR) is 89.1 cm³/mol. The second-order valence-electron chi connectivity index (χ2n) is 4.14. The number of hydrogen-bond donors (Lipinski definition) is 3. The first-order valence-corrected chi connectivity index (χ1v) is 6.83. The Morgan fingerprint density at radius 2 is 1.85 bits per heavy atom. The largest absolute Gasteiger partial charge is 0.366 e. The van der Waals surface area contributed by atoms with Gasteiger partial charge in [0.15, 0.2) is 5.11 Å². The van der Waals surface area contributed by atoms with Crippen LogP contribution in [0.2, 0.25) is 5.02 Å². The lowest BCUT2D eigenvalue weighted by Gasteiger charge is -2.14. The number of benzene rings is 2. The Balaban J connectivity index is 2.41. The summed E-state index contributed by atoms with van der Waals surface area (Å²) in [5, 5.41) is 15.3. The Hall–Kier alpha value is -1.91. The second-order valence-corrected chi connectivity index (χ2v) is 4.98. The van der Waals surface area contributed by atoms with E-state index in [0.29, 0.717) is 21.4 Å². The summed E-state index contributed by atoms with van der Waals surface area (Å²) in [6.45, 7) is 0. The molecule has 0 spiro atoms. The molecule has 5 heteroatoms. The summed E-state index contributed by atoms with van der Waals surface area (Å²) in [4.78, 5) is 0. The Bertz CT molecular complexity index is 641. The van der Waals surface area contributed by atoms with Crippen LogP contribution in [0.4, 0.5) is 5.69 Å². The molecule has 2 aromatic carbocycles. The van der Waals surface area contributed by atoms with E-state index < -0.39 is 0 Å². The van der Waals surface area contributed by atoms with E-state index in [1.807, 2.05) is 36.4 Å². The minimum absolute atomic E-state index is 0.398. The van der Waals surface area contributed by atoms with Crippen molar-refractivity contribution in [3.8, 4) is 0 Å². The molecule has 0 aliphatic heterocycles. The van der Waals surface area contributed by atoms with Gasteiger partial charge in [0.1, 0.15) is 0 Å². The summed E-state index contributed by atoms with van der Waals surface area (Å²) in [6.07, 6.45) is 0. The zero-order valence-electron chi connectivity index (χ0n) is 10.9. The maximum atomic E-state index is 8.35. The Morgan fingerprint density at radius 1 is 1.15 bits per heavy atom. The number of anilines is 1. The molecule has 0 amide bonds. The first-order chi connectivity index (χ1) is 9.61. The molecule has 0 heterocycles. The van der Waals surface area contributed by atoms with Gasteiger partial charge >= 0.3 is 0 Å². The van der Waals surface area contributed by atoms with Crippen molar-refractivity contribution >= 4 is 40.3 Å². The number of halogens is 1. The van der Waals surface area contributed by atoms with Crippen LogP contribution in [-0.4, -0.2) is 17.9 Å². The van der Waals surface area contributed by atoms with E-state index in [1.54, 1.807) is 19.2 Å². The molecule has 0 atom stereocenters. The lowest BCUT2D eigenvalue weighted by atomic mass is 10.0. The molecule has 0 bridgehead atoms. The number of hydrogen-bond acceptors (Lipinski definition) is 2. The van der Waals surface area contributed by atoms with Gasteiger partial charge in [-0.1, -0.05) is 41.9 Å².